The smallest absolute Gasteiger partial charge is 0.309 e. The normalized spacial score (nSPS) is 13.2. The van der Waals surface area contributed by atoms with Crippen molar-refractivity contribution in [2.45, 2.75) is 136 Å². The maximum atomic E-state index is 12.7. The summed E-state index contributed by atoms with van der Waals surface area (Å²) in [7, 11) is 0. The predicted octanol–water partition coefficient (Wildman–Crippen LogP) is 4.51. The maximum Gasteiger partial charge on any atom is 0.309 e. The average Bonchev–Trinajstić information content (AvgIpc) is 2.82. The second-order valence-corrected chi connectivity index (χ2v) is 9.24. The molecule has 0 radical (unpaired) electrons. The lowest BCUT2D eigenvalue weighted by Crippen LogP contribution is -2.38. The van der Waals surface area contributed by atoms with Gasteiger partial charge in [-0.1, -0.05) is 84.5 Å². The Kier molecular flexibility index (Phi) is 25.2. The second-order valence-electron chi connectivity index (χ2n) is 9.24. The Morgan fingerprint density at radius 3 is 1.48 bits per heavy atom. The Bertz CT molecular complexity index is 414. The number of hydrazine groups is 4. The molecule has 33 heavy (non-hydrogen) atoms. The van der Waals surface area contributed by atoms with Crippen LogP contribution in [0.25, 0.3) is 0 Å². The number of ether oxygens (including phenoxy) is 1. The van der Waals surface area contributed by atoms with Crippen LogP contribution in [0.15, 0.2) is 0 Å². The van der Waals surface area contributed by atoms with Crippen molar-refractivity contribution in [1.29, 1.82) is 0 Å². The molecule has 0 aromatic heterocycles. The van der Waals surface area contributed by atoms with Gasteiger partial charge >= 0.3 is 5.97 Å². The molecule has 0 fully saturated rings. The van der Waals surface area contributed by atoms with Gasteiger partial charge in [0.05, 0.1) is 5.92 Å². The van der Waals surface area contributed by atoms with Gasteiger partial charge in [-0.15, -0.1) is 0 Å². The van der Waals surface area contributed by atoms with E-state index in [0.29, 0.717) is 0 Å². The molecule has 0 aliphatic carbocycles. The van der Waals surface area contributed by atoms with Gasteiger partial charge in [-0.3, -0.25) is 16.5 Å². The SMILES string of the molecule is CCC(CCCCCCCCCNNN)OC(=O)C(CC)CCCCCCCCCNNN. The molecule has 0 amide bonds. The summed E-state index contributed by atoms with van der Waals surface area (Å²) < 4.78 is 5.90. The quantitative estimate of drug-likeness (QED) is 0.0470. The van der Waals surface area contributed by atoms with Crippen molar-refractivity contribution >= 4 is 5.97 Å². The summed E-state index contributed by atoms with van der Waals surface area (Å²) in [5.74, 6) is 10.4. The summed E-state index contributed by atoms with van der Waals surface area (Å²) in [5.41, 5.74) is 10.7. The van der Waals surface area contributed by atoms with E-state index in [0.717, 1.165) is 64.5 Å². The first kappa shape index (κ1) is 32.2. The van der Waals surface area contributed by atoms with Crippen molar-refractivity contribution in [1.82, 2.24) is 21.9 Å². The number of carbonyl (C=O) groups is 1. The fraction of sp³-hybridized carbons (Fsp3) is 0.960. The zero-order valence-electron chi connectivity index (χ0n) is 21.8. The first-order valence-corrected chi connectivity index (χ1v) is 13.8. The molecule has 0 aromatic carbocycles. The highest BCUT2D eigenvalue weighted by atomic mass is 16.5. The number of nitrogens with one attached hydrogen (secondary N) is 4. The highest BCUT2D eigenvalue weighted by molar-refractivity contribution is 5.72. The fourth-order valence-corrected chi connectivity index (χ4v) is 4.20. The third-order valence-electron chi connectivity index (χ3n) is 6.45. The highest BCUT2D eigenvalue weighted by Crippen LogP contribution is 2.20. The van der Waals surface area contributed by atoms with E-state index in [1.54, 1.807) is 0 Å². The zero-order valence-corrected chi connectivity index (χ0v) is 21.8. The van der Waals surface area contributed by atoms with Gasteiger partial charge in [-0.25, -0.2) is 10.9 Å². The summed E-state index contributed by atoms with van der Waals surface area (Å²) in [5, 5.41) is 0. The van der Waals surface area contributed by atoms with Crippen LogP contribution >= 0.6 is 0 Å². The van der Waals surface area contributed by atoms with E-state index in [9.17, 15) is 4.79 Å². The minimum absolute atomic E-state index is 0.0333. The molecule has 0 aromatic rings. The standard InChI is InChI=1S/C25H56N6O2/c1-3-23(19-15-11-7-5-9-13-17-21-28-30-26)25(32)33-24(4-2)20-16-12-8-6-10-14-18-22-29-31-27/h23-24,28-31H,3-22,26-27H2,1-2H3. The molecule has 8 N–H and O–H groups in total. The van der Waals surface area contributed by atoms with Gasteiger partial charge in [-0.2, -0.15) is 11.1 Å². The van der Waals surface area contributed by atoms with Crippen molar-refractivity contribution in [2.75, 3.05) is 13.1 Å². The first-order chi connectivity index (χ1) is 16.2. The van der Waals surface area contributed by atoms with Crippen molar-refractivity contribution in [3.63, 3.8) is 0 Å². The monoisotopic (exact) mass is 472 g/mol. The molecule has 0 rings (SSSR count). The number of rotatable bonds is 26. The van der Waals surface area contributed by atoms with E-state index in [2.05, 4.69) is 35.8 Å². The molecule has 0 saturated heterocycles. The molecule has 198 valence electrons. The van der Waals surface area contributed by atoms with Crippen LogP contribution in [0, 0.1) is 5.92 Å². The fourth-order valence-electron chi connectivity index (χ4n) is 4.20. The summed E-state index contributed by atoms with van der Waals surface area (Å²) in [6, 6.07) is 0. The van der Waals surface area contributed by atoms with Gasteiger partial charge in [0.1, 0.15) is 6.10 Å². The molecule has 0 aliphatic heterocycles. The van der Waals surface area contributed by atoms with Gasteiger partial charge in [0, 0.05) is 13.1 Å². The molecule has 8 nitrogen and oxygen atoms in total. The molecule has 2 unspecified atom stereocenters. The summed E-state index contributed by atoms with van der Waals surface area (Å²) in [6.07, 6.45) is 21.0. The lowest BCUT2D eigenvalue weighted by Gasteiger charge is -2.20. The molecule has 8 heteroatoms. The Morgan fingerprint density at radius 1 is 0.636 bits per heavy atom. The summed E-state index contributed by atoms with van der Waals surface area (Å²) in [6.45, 7) is 6.08. The van der Waals surface area contributed by atoms with Crippen molar-refractivity contribution in [3.8, 4) is 0 Å². The van der Waals surface area contributed by atoms with Gasteiger partial charge in [0.2, 0.25) is 0 Å². The number of unbranched alkanes of at least 4 members (excludes halogenated alkanes) is 12. The number of esters is 1. The molecular formula is C25H56N6O2. The van der Waals surface area contributed by atoms with Gasteiger partial charge in [-0.05, 0) is 44.9 Å². The Labute approximate surface area is 204 Å². The van der Waals surface area contributed by atoms with E-state index >= 15 is 0 Å². The third kappa shape index (κ3) is 21.5. The van der Waals surface area contributed by atoms with Gasteiger partial charge in [0.25, 0.3) is 0 Å². The Balaban J connectivity index is 3.76. The highest BCUT2D eigenvalue weighted by Gasteiger charge is 2.21. The van der Waals surface area contributed by atoms with Crippen molar-refractivity contribution in [3.05, 3.63) is 0 Å². The first-order valence-electron chi connectivity index (χ1n) is 13.8. The number of hydrogen-bond acceptors (Lipinski definition) is 8. The third-order valence-corrected chi connectivity index (χ3v) is 6.45. The molecule has 0 heterocycles. The van der Waals surface area contributed by atoms with Crippen LogP contribution < -0.4 is 33.6 Å². The van der Waals surface area contributed by atoms with E-state index in [1.165, 1.54) is 64.2 Å². The second kappa shape index (κ2) is 25.8. The molecule has 0 saturated carbocycles. The van der Waals surface area contributed by atoms with Crippen LogP contribution in [-0.2, 0) is 9.53 Å². The summed E-state index contributed by atoms with van der Waals surface area (Å²) in [4.78, 5) is 12.7. The van der Waals surface area contributed by atoms with Crippen molar-refractivity contribution in [2.24, 2.45) is 17.6 Å². The van der Waals surface area contributed by atoms with E-state index < -0.39 is 0 Å². The van der Waals surface area contributed by atoms with E-state index in [4.69, 9.17) is 16.4 Å². The number of carbonyl (C=O) groups excluding carboxylic acids is 1. The van der Waals surface area contributed by atoms with Crippen LogP contribution in [0.3, 0.4) is 0 Å². The van der Waals surface area contributed by atoms with E-state index in [-0.39, 0.29) is 18.0 Å². The predicted molar refractivity (Wildman–Crippen MR) is 138 cm³/mol. The van der Waals surface area contributed by atoms with Crippen molar-refractivity contribution < 1.29 is 9.53 Å². The molecule has 2 atom stereocenters. The molecule has 0 spiro atoms. The van der Waals surface area contributed by atoms with Gasteiger partial charge < -0.3 is 4.74 Å². The van der Waals surface area contributed by atoms with Crippen LogP contribution in [-0.4, -0.2) is 25.2 Å². The Morgan fingerprint density at radius 2 is 1.06 bits per heavy atom. The lowest BCUT2D eigenvalue weighted by molar-refractivity contribution is -0.155. The summed E-state index contributed by atoms with van der Waals surface area (Å²) >= 11 is 0. The number of hydrogen-bond donors (Lipinski definition) is 6. The maximum absolute atomic E-state index is 12.7. The minimum atomic E-state index is 0.0333. The van der Waals surface area contributed by atoms with Gasteiger partial charge in [0.15, 0.2) is 0 Å². The molecule has 0 bridgehead atoms. The number of nitrogens with two attached hydrogens (primary N) is 2. The lowest BCUT2D eigenvalue weighted by atomic mass is 9.97. The average molecular weight is 473 g/mol. The Hall–Kier alpha value is -0.770. The largest absolute Gasteiger partial charge is 0.462 e. The van der Waals surface area contributed by atoms with Crippen LogP contribution in [0.4, 0.5) is 0 Å². The van der Waals surface area contributed by atoms with E-state index in [1.807, 2.05) is 0 Å². The van der Waals surface area contributed by atoms with Crippen LogP contribution in [0.5, 0.6) is 0 Å². The molecular weight excluding hydrogens is 416 g/mol. The zero-order chi connectivity index (χ0) is 24.4. The minimum Gasteiger partial charge on any atom is -0.462 e. The van der Waals surface area contributed by atoms with Crippen LogP contribution in [0.2, 0.25) is 0 Å². The topological polar surface area (TPSA) is 126 Å². The molecule has 0 aliphatic rings. The van der Waals surface area contributed by atoms with Crippen LogP contribution in [0.1, 0.15) is 129 Å².